The van der Waals surface area contributed by atoms with Crippen molar-refractivity contribution >= 4 is 40.6 Å². The van der Waals surface area contributed by atoms with Crippen molar-refractivity contribution in [2.24, 2.45) is 4.99 Å². The number of anilines is 1. The topological polar surface area (TPSA) is 102 Å². The van der Waals surface area contributed by atoms with Gasteiger partial charge in [-0.1, -0.05) is 41.1 Å². The molecule has 0 bridgehead atoms. The van der Waals surface area contributed by atoms with Crippen LogP contribution in [0.15, 0.2) is 87.8 Å². The highest BCUT2D eigenvalue weighted by Crippen LogP contribution is 2.37. The Morgan fingerprint density at radius 2 is 1.87 bits per heavy atom. The zero-order valence-electron chi connectivity index (χ0n) is 21.3. The summed E-state index contributed by atoms with van der Waals surface area (Å²) >= 11 is 7.27. The largest absolute Gasteiger partial charge is 0.507 e. The van der Waals surface area contributed by atoms with E-state index < -0.39 is 11.9 Å². The number of nitrogens with one attached hydrogen (secondary N) is 1. The van der Waals surface area contributed by atoms with Crippen LogP contribution >= 0.6 is 22.9 Å². The van der Waals surface area contributed by atoms with E-state index in [9.17, 15) is 14.7 Å². The molecular weight excluding hydrogens is 538 g/mol. The summed E-state index contributed by atoms with van der Waals surface area (Å²) in [6, 6.07) is 18.0. The first kappa shape index (κ1) is 26.3. The van der Waals surface area contributed by atoms with Gasteiger partial charge in [0, 0.05) is 27.9 Å². The minimum Gasteiger partial charge on any atom is -0.507 e. The number of carbonyl (C=O) groups excluding carboxylic acids is 1. The number of hydrogen-bond acceptors (Lipinski definition) is 7. The summed E-state index contributed by atoms with van der Waals surface area (Å²) in [6.07, 6.45) is 1.57. The molecule has 39 heavy (non-hydrogen) atoms. The molecule has 1 aliphatic heterocycles. The number of rotatable bonds is 6. The minimum atomic E-state index is -0.846. The molecule has 4 aromatic rings. The van der Waals surface area contributed by atoms with Gasteiger partial charge in [-0.25, -0.2) is 4.99 Å². The molecule has 0 aliphatic carbocycles. The normalized spacial score (nSPS) is 15.0. The van der Waals surface area contributed by atoms with Crippen molar-refractivity contribution in [2.75, 3.05) is 19.5 Å². The van der Waals surface area contributed by atoms with E-state index in [0.29, 0.717) is 53.9 Å². The highest BCUT2D eigenvalue weighted by molar-refractivity contribution is 7.07. The number of halogens is 1. The van der Waals surface area contributed by atoms with Gasteiger partial charge in [-0.3, -0.25) is 14.2 Å². The number of ether oxygens (including phenoxy) is 2. The molecule has 2 N–H and O–H groups in total. The molecule has 1 atom stereocenters. The van der Waals surface area contributed by atoms with Crippen LogP contribution in [0.3, 0.4) is 0 Å². The number of phenols is 1. The lowest BCUT2D eigenvalue weighted by molar-refractivity contribution is -0.113. The lowest BCUT2D eigenvalue weighted by Crippen LogP contribution is -2.40. The van der Waals surface area contributed by atoms with E-state index in [1.165, 1.54) is 17.7 Å². The molecule has 0 unspecified atom stereocenters. The second-order valence-electron chi connectivity index (χ2n) is 8.71. The van der Waals surface area contributed by atoms with Crippen LogP contribution in [-0.4, -0.2) is 29.8 Å². The van der Waals surface area contributed by atoms with Gasteiger partial charge in [0.05, 0.1) is 30.0 Å². The van der Waals surface area contributed by atoms with Crippen molar-refractivity contribution in [3.05, 3.63) is 114 Å². The average Bonchev–Trinajstić information content (AvgIpc) is 3.24. The Labute approximate surface area is 232 Å². The first-order chi connectivity index (χ1) is 18.8. The number of amides is 1. The lowest BCUT2D eigenvalue weighted by Gasteiger charge is -2.26. The third kappa shape index (κ3) is 5.06. The third-order valence-electron chi connectivity index (χ3n) is 6.31. The van der Waals surface area contributed by atoms with Crippen molar-refractivity contribution in [3.63, 3.8) is 0 Å². The third-order valence-corrected chi connectivity index (χ3v) is 7.53. The van der Waals surface area contributed by atoms with Gasteiger partial charge < -0.3 is 19.9 Å². The maximum absolute atomic E-state index is 13.9. The smallest absolute Gasteiger partial charge is 0.271 e. The monoisotopic (exact) mass is 561 g/mol. The predicted molar refractivity (Wildman–Crippen MR) is 152 cm³/mol. The molecule has 1 aromatic heterocycles. The number of phenolic OH excluding ortho intramolecular Hbond substituents is 1. The molecule has 2 heterocycles. The zero-order valence-corrected chi connectivity index (χ0v) is 22.8. The molecule has 8 nitrogen and oxygen atoms in total. The Morgan fingerprint density at radius 1 is 1.10 bits per heavy atom. The molecule has 1 aliphatic rings. The summed E-state index contributed by atoms with van der Waals surface area (Å²) in [4.78, 5) is 32.7. The van der Waals surface area contributed by atoms with Crippen molar-refractivity contribution < 1.29 is 19.4 Å². The molecule has 0 saturated heterocycles. The van der Waals surface area contributed by atoms with Gasteiger partial charge in [-0.05, 0) is 55.5 Å². The number of aromatic nitrogens is 1. The minimum absolute atomic E-state index is 0.0160. The number of carbonyl (C=O) groups is 1. The van der Waals surface area contributed by atoms with Crippen LogP contribution in [-0.2, 0) is 4.79 Å². The molecular formula is C29H24ClN3O5S. The highest BCUT2D eigenvalue weighted by atomic mass is 35.5. The molecule has 0 fully saturated rings. The summed E-state index contributed by atoms with van der Waals surface area (Å²) in [5, 5.41) is 13.7. The van der Waals surface area contributed by atoms with E-state index in [1.807, 2.05) is 18.2 Å². The fourth-order valence-corrected chi connectivity index (χ4v) is 5.67. The van der Waals surface area contributed by atoms with Gasteiger partial charge in [0.1, 0.15) is 23.3 Å². The molecule has 1 amide bonds. The van der Waals surface area contributed by atoms with Gasteiger partial charge >= 0.3 is 0 Å². The van der Waals surface area contributed by atoms with Gasteiger partial charge in [-0.15, -0.1) is 0 Å². The van der Waals surface area contributed by atoms with E-state index in [1.54, 1.807) is 62.6 Å². The summed E-state index contributed by atoms with van der Waals surface area (Å²) in [6.45, 7) is 1.74. The summed E-state index contributed by atoms with van der Waals surface area (Å²) in [5.41, 5.74) is 1.97. The van der Waals surface area contributed by atoms with Crippen LogP contribution in [0.4, 0.5) is 5.69 Å². The second kappa shape index (κ2) is 10.8. The predicted octanol–water partition coefficient (Wildman–Crippen LogP) is 4.25. The van der Waals surface area contributed by atoms with Crippen LogP contribution in [0.1, 0.15) is 24.1 Å². The van der Waals surface area contributed by atoms with Gasteiger partial charge in [0.25, 0.3) is 11.5 Å². The van der Waals surface area contributed by atoms with Crippen molar-refractivity contribution in [3.8, 4) is 17.2 Å². The van der Waals surface area contributed by atoms with E-state index in [4.69, 9.17) is 21.1 Å². The number of allylic oxidation sites excluding steroid dienone is 1. The molecule has 0 saturated carbocycles. The Kier molecular flexibility index (Phi) is 7.28. The fourth-order valence-electron chi connectivity index (χ4n) is 4.45. The number of para-hydroxylation sites is 1. The average molecular weight is 562 g/mol. The van der Waals surface area contributed by atoms with Crippen LogP contribution in [0, 0.1) is 0 Å². The molecule has 0 spiro atoms. The van der Waals surface area contributed by atoms with Crippen LogP contribution in [0.2, 0.25) is 5.02 Å². The van der Waals surface area contributed by atoms with Crippen molar-refractivity contribution in [2.45, 2.75) is 13.0 Å². The standard InChI is InChI=1S/C29H24ClN3O5S/c1-16-25(27(35)32-19-7-5-4-6-8-19)26(21-11-10-20(37-2)15-23(21)38-3)33-28(36)24(39-29(33)31-16)14-17-13-18(30)9-12-22(17)34/h4-15,26,34H,1-3H3,(H,32,35)/b24-14-/t26-/m1/s1. The first-order valence-electron chi connectivity index (χ1n) is 11.9. The molecule has 5 rings (SSSR count). The van der Waals surface area contributed by atoms with E-state index >= 15 is 0 Å². The molecule has 3 aromatic carbocycles. The van der Waals surface area contributed by atoms with E-state index in [-0.39, 0.29) is 11.3 Å². The number of thiazole rings is 1. The van der Waals surface area contributed by atoms with E-state index in [2.05, 4.69) is 10.3 Å². The lowest BCUT2D eigenvalue weighted by atomic mass is 9.94. The van der Waals surface area contributed by atoms with Gasteiger partial charge in [0.2, 0.25) is 0 Å². The second-order valence-corrected chi connectivity index (χ2v) is 10.2. The molecule has 10 heteroatoms. The number of methoxy groups -OCH3 is 2. The Morgan fingerprint density at radius 3 is 2.59 bits per heavy atom. The number of aromatic hydroxyl groups is 1. The van der Waals surface area contributed by atoms with Gasteiger partial charge in [-0.2, -0.15) is 0 Å². The molecule has 0 radical (unpaired) electrons. The quantitative estimate of drug-likeness (QED) is 0.366. The van der Waals surface area contributed by atoms with Crippen LogP contribution in [0.5, 0.6) is 17.2 Å². The number of fused-ring (bicyclic) bond motifs is 1. The maximum Gasteiger partial charge on any atom is 0.271 e. The van der Waals surface area contributed by atoms with Crippen molar-refractivity contribution in [1.82, 2.24) is 4.57 Å². The number of hydrogen-bond donors (Lipinski definition) is 2. The number of benzene rings is 3. The van der Waals surface area contributed by atoms with Gasteiger partial charge in [0.15, 0.2) is 4.80 Å². The Hall–Kier alpha value is -4.34. The maximum atomic E-state index is 13.9. The fraction of sp³-hybridized carbons (Fsp3) is 0.138. The summed E-state index contributed by atoms with van der Waals surface area (Å²) < 4.78 is 12.8. The SMILES string of the molecule is COc1ccc([C@@H]2C(C(=O)Nc3ccccc3)=C(C)N=c3s/c(=C\c4cc(Cl)ccc4O)c(=O)n32)c(OC)c1. The summed E-state index contributed by atoms with van der Waals surface area (Å²) in [7, 11) is 3.07. The summed E-state index contributed by atoms with van der Waals surface area (Å²) in [5.74, 6) is 0.598. The Bertz CT molecular complexity index is 1790. The Balaban J connectivity index is 1.74. The van der Waals surface area contributed by atoms with E-state index in [0.717, 1.165) is 11.3 Å². The van der Waals surface area contributed by atoms with Crippen molar-refractivity contribution in [1.29, 1.82) is 0 Å². The van der Waals surface area contributed by atoms with Crippen LogP contribution < -0.4 is 29.7 Å². The molecule has 198 valence electrons. The number of nitrogens with zero attached hydrogens (tertiary/aromatic N) is 2. The van der Waals surface area contributed by atoms with Crippen LogP contribution in [0.25, 0.3) is 6.08 Å². The highest BCUT2D eigenvalue weighted by Gasteiger charge is 2.34. The zero-order chi connectivity index (χ0) is 27.7. The first-order valence-corrected chi connectivity index (χ1v) is 13.1.